The van der Waals surface area contributed by atoms with Gasteiger partial charge in [0.1, 0.15) is 0 Å². The van der Waals surface area contributed by atoms with Gasteiger partial charge in [0, 0.05) is 28.3 Å². The molecule has 3 atom stereocenters. The lowest BCUT2D eigenvalue weighted by Gasteiger charge is -2.18. The van der Waals surface area contributed by atoms with Crippen LogP contribution in [0.25, 0.3) is 0 Å². The fraction of sp³-hybridized carbons (Fsp3) is 0.818. The summed E-state index contributed by atoms with van der Waals surface area (Å²) in [5.41, 5.74) is 0. The summed E-state index contributed by atoms with van der Waals surface area (Å²) in [6.07, 6.45) is 11.1. The van der Waals surface area contributed by atoms with Crippen molar-refractivity contribution in [3.8, 4) is 0 Å². The van der Waals surface area contributed by atoms with Crippen molar-refractivity contribution in [1.29, 1.82) is 0 Å². The summed E-state index contributed by atoms with van der Waals surface area (Å²) in [5.74, 6) is 0. The van der Waals surface area contributed by atoms with Crippen LogP contribution in [0, 0.1) is 0 Å². The standard InChI is InChI=1S/C11H21NOS/c1-10(14(2)13)8-9-12-11-6-4-3-5-7-11/h4,6,10-12H,3,5,7-9H2,1-2H3. The number of hydrogen-bond donors (Lipinski definition) is 1. The van der Waals surface area contributed by atoms with Crippen molar-refractivity contribution < 1.29 is 4.21 Å². The van der Waals surface area contributed by atoms with E-state index in [0.29, 0.717) is 11.3 Å². The summed E-state index contributed by atoms with van der Waals surface area (Å²) in [5, 5.41) is 3.80. The van der Waals surface area contributed by atoms with Gasteiger partial charge >= 0.3 is 0 Å². The van der Waals surface area contributed by atoms with Gasteiger partial charge in [0.25, 0.3) is 0 Å². The molecule has 0 spiro atoms. The molecule has 0 aromatic carbocycles. The number of allylic oxidation sites excluding steroid dienone is 1. The van der Waals surface area contributed by atoms with Gasteiger partial charge in [-0.05, 0) is 32.2 Å². The number of hydrogen-bond acceptors (Lipinski definition) is 2. The van der Waals surface area contributed by atoms with E-state index in [9.17, 15) is 4.21 Å². The van der Waals surface area contributed by atoms with Crippen molar-refractivity contribution in [1.82, 2.24) is 5.32 Å². The molecule has 0 saturated carbocycles. The molecule has 82 valence electrons. The molecule has 0 heterocycles. The minimum Gasteiger partial charge on any atom is -0.310 e. The molecule has 0 bridgehead atoms. The SMILES string of the molecule is CC(CCNC1C=CCCC1)S(C)=O. The van der Waals surface area contributed by atoms with Crippen LogP contribution >= 0.6 is 0 Å². The molecule has 0 aromatic rings. The first-order valence-corrected chi connectivity index (χ1v) is 7.04. The molecule has 1 aliphatic carbocycles. The predicted octanol–water partition coefficient (Wildman–Crippen LogP) is 1.84. The number of nitrogens with one attached hydrogen (secondary N) is 1. The molecule has 0 amide bonds. The Morgan fingerprint density at radius 2 is 2.43 bits per heavy atom. The van der Waals surface area contributed by atoms with E-state index in [1.807, 2.05) is 0 Å². The first-order chi connectivity index (χ1) is 6.70. The van der Waals surface area contributed by atoms with Gasteiger partial charge < -0.3 is 5.32 Å². The molecule has 2 nitrogen and oxygen atoms in total. The second-order valence-corrected chi connectivity index (χ2v) is 5.82. The molecule has 1 N–H and O–H groups in total. The van der Waals surface area contributed by atoms with Crippen LogP contribution in [0.15, 0.2) is 12.2 Å². The molecule has 0 aliphatic heterocycles. The normalized spacial score (nSPS) is 26.0. The molecular formula is C11H21NOS. The summed E-state index contributed by atoms with van der Waals surface area (Å²) < 4.78 is 11.1. The van der Waals surface area contributed by atoms with E-state index in [0.717, 1.165) is 13.0 Å². The van der Waals surface area contributed by atoms with E-state index in [1.54, 1.807) is 6.26 Å². The molecule has 0 radical (unpaired) electrons. The van der Waals surface area contributed by atoms with Gasteiger partial charge in [-0.15, -0.1) is 0 Å². The van der Waals surface area contributed by atoms with Crippen molar-refractivity contribution in [3.63, 3.8) is 0 Å². The van der Waals surface area contributed by atoms with E-state index in [4.69, 9.17) is 0 Å². The summed E-state index contributed by atoms with van der Waals surface area (Å²) in [7, 11) is -0.675. The van der Waals surface area contributed by atoms with E-state index in [-0.39, 0.29) is 0 Å². The average Bonchev–Trinajstić information content (AvgIpc) is 2.19. The fourth-order valence-corrected chi connectivity index (χ4v) is 2.07. The van der Waals surface area contributed by atoms with E-state index in [1.165, 1.54) is 19.3 Å². The van der Waals surface area contributed by atoms with Crippen LogP contribution in [0.1, 0.15) is 32.6 Å². The maximum atomic E-state index is 11.1. The third-order valence-corrected chi connectivity index (χ3v) is 4.15. The van der Waals surface area contributed by atoms with Crippen LogP contribution in [0.5, 0.6) is 0 Å². The van der Waals surface area contributed by atoms with Crippen LogP contribution in [0.4, 0.5) is 0 Å². The summed E-state index contributed by atoms with van der Waals surface area (Å²) >= 11 is 0. The van der Waals surface area contributed by atoms with Gasteiger partial charge in [-0.1, -0.05) is 19.1 Å². The average molecular weight is 215 g/mol. The molecule has 0 fully saturated rings. The van der Waals surface area contributed by atoms with Gasteiger partial charge in [0.05, 0.1) is 0 Å². The zero-order valence-corrected chi connectivity index (χ0v) is 9.98. The molecule has 14 heavy (non-hydrogen) atoms. The van der Waals surface area contributed by atoms with Crippen molar-refractivity contribution >= 4 is 10.8 Å². The quantitative estimate of drug-likeness (QED) is 0.709. The molecule has 3 unspecified atom stereocenters. The zero-order chi connectivity index (χ0) is 10.4. The van der Waals surface area contributed by atoms with Crippen LogP contribution in [-0.2, 0) is 10.8 Å². The highest BCUT2D eigenvalue weighted by atomic mass is 32.2. The topological polar surface area (TPSA) is 29.1 Å². The highest BCUT2D eigenvalue weighted by Gasteiger charge is 2.09. The third kappa shape index (κ3) is 4.38. The molecule has 0 saturated heterocycles. The smallest absolute Gasteiger partial charge is 0.0329 e. The Bertz CT molecular complexity index is 215. The van der Waals surface area contributed by atoms with E-state index < -0.39 is 10.8 Å². The van der Waals surface area contributed by atoms with Gasteiger partial charge in [-0.3, -0.25) is 4.21 Å². The van der Waals surface area contributed by atoms with Crippen LogP contribution < -0.4 is 5.32 Å². The Morgan fingerprint density at radius 3 is 3.00 bits per heavy atom. The zero-order valence-electron chi connectivity index (χ0n) is 9.16. The highest BCUT2D eigenvalue weighted by molar-refractivity contribution is 7.84. The van der Waals surface area contributed by atoms with Gasteiger partial charge in [-0.2, -0.15) is 0 Å². The lowest BCUT2D eigenvalue weighted by Crippen LogP contribution is -2.31. The van der Waals surface area contributed by atoms with Crippen molar-refractivity contribution in [2.75, 3.05) is 12.8 Å². The van der Waals surface area contributed by atoms with Crippen LogP contribution in [0.2, 0.25) is 0 Å². The van der Waals surface area contributed by atoms with Crippen molar-refractivity contribution in [2.45, 2.75) is 43.9 Å². The summed E-state index contributed by atoms with van der Waals surface area (Å²) in [4.78, 5) is 0. The van der Waals surface area contributed by atoms with Gasteiger partial charge in [-0.25, -0.2) is 0 Å². The van der Waals surface area contributed by atoms with Crippen LogP contribution in [-0.4, -0.2) is 28.3 Å². The van der Waals surface area contributed by atoms with Crippen molar-refractivity contribution in [3.05, 3.63) is 12.2 Å². The van der Waals surface area contributed by atoms with Gasteiger partial charge in [0.2, 0.25) is 0 Å². The number of rotatable bonds is 5. The Kier molecular flexibility index (Phi) is 5.41. The molecule has 3 heteroatoms. The Labute approximate surface area is 89.6 Å². The maximum absolute atomic E-state index is 11.1. The molecular weight excluding hydrogens is 194 g/mol. The molecule has 0 aromatic heterocycles. The van der Waals surface area contributed by atoms with Crippen molar-refractivity contribution in [2.24, 2.45) is 0 Å². The van der Waals surface area contributed by atoms with E-state index >= 15 is 0 Å². The summed E-state index contributed by atoms with van der Waals surface area (Å²) in [6.45, 7) is 3.03. The van der Waals surface area contributed by atoms with Crippen LogP contribution in [0.3, 0.4) is 0 Å². The molecule has 1 rings (SSSR count). The monoisotopic (exact) mass is 215 g/mol. The minimum atomic E-state index is -0.675. The lowest BCUT2D eigenvalue weighted by atomic mass is 10.0. The van der Waals surface area contributed by atoms with E-state index in [2.05, 4.69) is 24.4 Å². The largest absolute Gasteiger partial charge is 0.310 e. The summed E-state index contributed by atoms with van der Waals surface area (Å²) in [6, 6.07) is 0.557. The van der Waals surface area contributed by atoms with Gasteiger partial charge in [0.15, 0.2) is 0 Å². The fourth-order valence-electron chi connectivity index (χ4n) is 1.62. The Balaban J connectivity index is 2.11. The minimum absolute atomic E-state index is 0.315. The second-order valence-electron chi connectivity index (χ2n) is 4.02. The highest BCUT2D eigenvalue weighted by Crippen LogP contribution is 2.10. The maximum Gasteiger partial charge on any atom is 0.0329 e. The molecule has 1 aliphatic rings. The Morgan fingerprint density at radius 1 is 1.64 bits per heavy atom. The third-order valence-electron chi connectivity index (χ3n) is 2.78. The first kappa shape index (κ1) is 11.9. The lowest BCUT2D eigenvalue weighted by molar-refractivity contribution is 0.513. The first-order valence-electron chi connectivity index (χ1n) is 5.42. The predicted molar refractivity (Wildman–Crippen MR) is 62.9 cm³/mol. The second kappa shape index (κ2) is 6.36. The Hall–Kier alpha value is -0.150.